The van der Waals surface area contributed by atoms with Crippen LogP contribution >= 0.6 is 11.3 Å². The molecule has 2 rings (SSSR count). The molecule has 1 heterocycles. The van der Waals surface area contributed by atoms with Crippen molar-refractivity contribution < 1.29 is 19.4 Å². The van der Waals surface area contributed by atoms with E-state index in [4.69, 9.17) is 15.6 Å². The second-order valence-corrected chi connectivity index (χ2v) is 5.75. The Balaban J connectivity index is 1.91. The number of primary amides is 1. The first-order valence-electron chi connectivity index (χ1n) is 6.81. The van der Waals surface area contributed by atoms with Crippen LogP contribution in [0.25, 0.3) is 0 Å². The predicted octanol–water partition coefficient (Wildman–Crippen LogP) is 0.466. The van der Waals surface area contributed by atoms with Crippen LogP contribution in [0.3, 0.4) is 0 Å². The highest BCUT2D eigenvalue weighted by Crippen LogP contribution is 2.38. The third kappa shape index (κ3) is 3.93. The van der Waals surface area contributed by atoms with E-state index in [-0.39, 0.29) is 13.2 Å². The number of carbonyl (C=O) groups is 2. The first-order valence-corrected chi connectivity index (χ1v) is 7.63. The normalized spacial score (nSPS) is 13.0. The molecule has 0 atom stereocenters. The highest BCUT2D eigenvalue weighted by atomic mass is 32.1. The number of anilines is 1. The van der Waals surface area contributed by atoms with Gasteiger partial charge in [0.15, 0.2) is 0 Å². The summed E-state index contributed by atoms with van der Waals surface area (Å²) in [5, 5.41) is 14.4. The maximum Gasteiger partial charge on any atom is 0.319 e. The molecule has 1 aromatic heterocycles. The highest BCUT2D eigenvalue weighted by Gasteiger charge is 2.25. The summed E-state index contributed by atoms with van der Waals surface area (Å²) < 4.78 is 5.03. The average Bonchev–Trinajstić information content (AvgIpc) is 2.98. The number of nitrogens with two attached hydrogens (primary N) is 1. The molecule has 0 spiro atoms. The molecule has 0 bridgehead atoms. The minimum absolute atomic E-state index is 0.0467. The van der Waals surface area contributed by atoms with E-state index < -0.39 is 11.9 Å². The van der Waals surface area contributed by atoms with E-state index in [1.807, 2.05) is 0 Å². The quantitative estimate of drug-likeness (QED) is 0.548. The fourth-order valence-corrected chi connectivity index (χ4v) is 3.59. The fourth-order valence-electron chi connectivity index (χ4n) is 2.30. The molecule has 0 unspecified atom stereocenters. The summed E-state index contributed by atoms with van der Waals surface area (Å²) in [4.78, 5) is 24.5. The molecule has 0 aromatic carbocycles. The van der Waals surface area contributed by atoms with Gasteiger partial charge in [-0.25, -0.2) is 4.79 Å². The molecule has 3 amide bonds. The van der Waals surface area contributed by atoms with E-state index in [0.29, 0.717) is 23.7 Å². The lowest BCUT2D eigenvalue weighted by Crippen LogP contribution is -2.32. The molecule has 0 fully saturated rings. The SMILES string of the molecule is NC(=O)c1c(NC(=O)NCCOCCO)sc2c1CCC2. The summed E-state index contributed by atoms with van der Waals surface area (Å²) in [7, 11) is 0. The number of aliphatic hydroxyl groups is 1. The fraction of sp³-hybridized carbons (Fsp3) is 0.538. The molecule has 21 heavy (non-hydrogen) atoms. The van der Waals surface area contributed by atoms with Crippen LogP contribution in [-0.4, -0.2) is 43.4 Å². The summed E-state index contributed by atoms with van der Waals surface area (Å²) in [6.45, 7) is 0.835. The first-order chi connectivity index (χ1) is 10.1. The lowest BCUT2D eigenvalue weighted by Gasteiger charge is -2.08. The van der Waals surface area contributed by atoms with E-state index in [9.17, 15) is 9.59 Å². The number of carbonyl (C=O) groups excluding carboxylic acids is 2. The second kappa shape index (κ2) is 7.39. The van der Waals surface area contributed by atoms with Gasteiger partial charge in [-0.2, -0.15) is 0 Å². The van der Waals surface area contributed by atoms with Crippen molar-refractivity contribution in [3.63, 3.8) is 0 Å². The Hall–Kier alpha value is -1.64. The van der Waals surface area contributed by atoms with Crippen molar-refractivity contribution in [3.05, 3.63) is 16.0 Å². The van der Waals surface area contributed by atoms with Gasteiger partial charge in [0, 0.05) is 11.4 Å². The number of amides is 3. The van der Waals surface area contributed by atoms with Gasteiger partial charge in [0.2, 0.25) is 0 Å². The van der Waals surface area contributed by atoms with Crippen LogP contribution < -0.4 is 16.4 Å². The summed E-state index contributed by atoms with van der Waals surface area (Å²) in [6, 6.07) is -0.398. The average molecular weight is 313 g/mol. The van der Waals surface area contributed by atoms with Crippen molar-refractivity contribution in [3.8, 4) is 0 Å². The van der Waals surface area contributed by atoms with Gasteiger partial charge in [-0.15, -0.1) is 11.3 Å². The molecule has 0 saturated heterocycles. The maximum absolute atomic E-state index is 11.8. The van der Waals surface area contributed by atoms with Crippen LogP contribution in [0, 0.1) is 0 Å². The van der Waals surface area contributed by atoms with Gasteiger partial charge in [0.05, 0.1) is 25.4 Å². The number of fused-ring (bicyclic) bond motifs is 1. The third-order valence-corrected chi connectivity index (χ3v) is 4.37. The molecule has 5 N–H and O–H groups in total. The maximum atomic E-state index is 11.8. The van der Waals surface area contributed by atoms with Gasteiger partial charge < -0.3 is 20.9 Å². The first kappa shape index (κ1) is 15.7. The zero-order valence-corrected chi connectivity index (χ0v) is 12.4. The van der Waals surface area contributed by atoms with E-state index in [1.165, 1.54) is 11.3 Å². The van der Waals surface area contributed by atoms with Crippen molar-refractivity contribution in [2.24, 2.45) is 5.73 Å². The van der Waals surface area contributed by atoms with Crippen LogP contribution in [0.2, 0.25) is 0 Å². The van der Waals surface area contributed by atoms with Crippen LogP contribution in [-0.2, 0) is 17.6 Å². The Kier molecular flexibility index (Phi) is 5.54. The number of ether oxygens (including phenoxy) is 1. The second-order valence-electron chi connectivity index (χ2n) is 4.64. The van der Waals surface area contributed by atoms with Gasteiger partial charge in [0.25, 0.3) is 5.91 Å². The molecule has 7 nitrogen and oxygen atoms in total. The third-order valence-electron chi connectivity index (χ3n) is 3.16. The standard InChI is InChI=1S/C13H19N3O4S/c14-11(18)10-8-2-1-3-9(8)21-12(10)16-13(19)15-4-6-20-7-5-17/h17H,1-7H2,(H2,14,18)(H2,15,16,19). The smallest absolute Gasteiger partial charge is 0.319 e. The van der Waals surface area contributed by atoms with Gasteiger partial charge >= 0.3 is 6.03 Å². The Morgan fingerprint density at radius 1 is 1.33 bits per heavy atom. The van der Waals surface area contributed by atoms with Crippen molar-refractivity contribution in [1.82, 2.24) is 5.32 Å². The largest absolute Gasteiger partial charge is 0.394 e. The lowest BCUT2D eigenvalue weighted by molar-refractivity contribution is 0.0950. The molecule has 0 aliphatic heterocycles. The predicted molar refractivity (Wildman–Crippen MR) is 79.8 cm³/mol. The monoisotopic (exact) mass is 313 g/mol. The van der Waals surface area contributed by atoms with Gasteiger partial charge in [-0.3, -0.25) is 10.1 Å². The number of thiophene rings is 1. The van der Waals surface area contributed by atoms with Crippen molar-refractivity contribution >= 4 is 28.3 Å². The van der Waals surface area contributed by atoms with Gasteiger partial charge in [-0.05, 0) is 24.8 Å². The van der Waals surface area contributed by atoms with Crippen molar-refractivity contribution in [1.29, 1.82) is 0 Å². The number of aryl methyl sites for hydroxylation is 1. The van der Waals surface area contributed by atoms with Gasteiger partial charge in [-0.1, -0.05) is 0 Å². The van der Waals surface area contributed by atoms with E-state index in [2.05, 4.69) is 10.6 Å². The Bertz CT molecular complexity index is 530. The molecular formula is C13H19N3O4S. The Morgan fingerprint density at radius 3 is 2.86 bits per heavy atom. The zero-order chi connectivity index (χ0) is 15.2. The van der Waals surface area contributed by atoms with Crippen molar-refractivity contribution in [2.75, 3.05) is 31.7 Å². The zero-order valence-electron chi connectivity index (χ0n) is 11.6. The number of hydrogen-bond donors (Lipinski definition) is 4. The Labute approximate surface area is 126 Å². The number of nitrogens with one attached hydrogen (secondary N) is 2. The van der Waals surface area contributed by atoms with Crippen LogP contribution in [0.4, 0.5) is 9.80 Å². The van der Waals surface area contributed by atoms with Crippen LogP contribution in [0.1, 0.15) is 27.2 Å². The number of rotatable bonds is 7. The minimum atomic E-state index is -0.504. The van der Waals surface area contributed by atoms with Gasteiger partial charge in [0.1, 0.15) is 5.00 Å². The van der Waals surface area contributed by atoms with E-state index >= 15 is 0 Å². The molecular weight excluding hydrogens is 294 g/mol. The topological polar surface area (TPSA) is 114 Å². The molecule has 1 aliphatic carbocycles. The molecule has 0 radical (unpaired) electrons. The number of urea groups is 1. The molecule has 1 aliphatic rings. The van der Waals surface area contributed by atoms with E-state index in [0.717, 1.165) is 29.7 Å². The highest BCUT2D eigenvalue weighted by molar-refractivity contribution is 7.17. The number of aliphatic hydroxyl groups excluding tert-OH is 1. The molecule has 0 saturated carbocycles. The molecule has 116 valence electrons. The van der Waals surface area contributed by atoms with Crippen LogP contribution in [0.5, 0.6) is 0 Å². The Morgan fingerprint density at radius 2 is 2.14 bits per heavy atom. The molecule has 1 aromatic rings. The summed E-state index contributed by atoms with van der Waals surface area (Å²) in [5.41, 5.74) is 6.84. The summed E-state index contributed by atoms with van der Waals surface area (Å²) >= 11 is 1.42. The van der Waals surface area contributed by atoms with Crippen LogP contribution in [0.15, 0.2) is 0 Å². The molecule has 8 heteroatoms. The number of hydrogen-bond acceptors (Lipinski definition) is 5. The summed E-state index contributed by atoms with van der Waals surface area (Å²) in [6.07, 6.45) is 2.79. The van der Waals surface area contributed by atoms with Crippen molar-refractivity contribution in [2.45, 2.75) is 19.3 Å². The lowest BCUT2D eigenvalue weighted by atomic mass is 10.1. The minimum Gasteiger partial charge on any atom is -0.394 e. The van der Waals surface area contributed by atoms with E-state index in [1.54, 1.807) is 0 Å². The summed E-state index contributed by atoms with van der Waals surface area (Å²) in [5.74, 6) is -0.504.